The molecule has 1 aliphatic rings. The Morgan fingerprint density at radius 1 is 1.60 bits per heavy atom. The van der Waals surface area contributed by atoms with Gasteiger partial charge in [-0.1, -0.05) is 0 Å². The number of carbonyl (C=O) groups is 1. The van der Waals surface area contributed by atoms with E-state index >= 15 is 0 Å². The second-order valence-corrected chi connectivity index (χ2v) is 3.45. The van der Waals surface area contributed by atoms with Crippen LogP contribution in [0.2, 0.25) is 0 Å². The number of carbonyl (C=O) groups excluding carboxylic acids is 1. The highest BCUT2D eigenvalue weighted by Gasteiger charge is 2.46. The van der Waals surface area contributed by atoms with Gasteiger partial charge in [-0.2, -0.15) is 0 Å². The molecule has 1 aliphatic heterocycles. The van der Waals surface area contributed by atoms with Crippen LogP contribution in [0.15, 0.2) is 0 Å². The molecule has 0 saturated carbocycles. The van der Waals surface area contributed by atoms with E-state index in [-0.39, 0.29) is 11.4 Å². The molecule has 0 radical (unpaired) electrons. The first-order valence-corrected chi connectivity index (χ1v) is 3.69. The maximum Gasteiger partial charge on any atom is 0.129 e. The number of Topliss-reactive ketones (excluding diaryl/α,β-unsaturated/α-hetero) is 1. The molecular weight excluding hydrogens is 128 g/mol. The van der Waals surface area contributed by atoms with Gasteiger partial charge in [0.25, 0.3) is 0 Å². The van der Waals surface area contributed by atoms with Crippen molar-refractivity contribution in [2.45, 2.75) is 45.3 Å². The SMILES string of the molecule is CC(=O)CC[C@H]1OC1(C)C. The van der Waals surface area contributed by atoms with E-state index in [1.165, 1.54) is 0 Å². The number of ketones is 1. The summed E-state index contributed by atoms with van der Waals surface area (Å²) in [5, 5.41) is 0. The van der Waals surface area contributed by atoms with E-state index < -0.39 is 0 Å². The predicted octanol–water partition coefficient (Wildman–Crippen LogP) is 1.53. The summed E-state index contributed by atoms with van der Waals surface area (Å²) in [5.74, 6) is 0.256. The highest BCUT2D eigenvalue weighted by atomic mass is 16.6. The Bertz CT molecular complexity index is 149. The average molecular weight is 142 g/mol. The number of hydrogen-bond donors (Lipinski definition) is 0. The molecule has 1 atom stereocenters. The topological polar surface area (TPSA) is 29.6 Å². The zero-order chi connectivity index (χ0) is 7.78. The largest absolute Gasteiger partial charge is 0.367 e. The van der Waals surface area contributed by atoms with Gasteiger partial charge in [0, 0.05) is 6.42 Å². The van der Waals surface area contributed by atoms with Crippen LogP contribution < -0.4 is 0 Å². The smallest absolute Gasteiger partial charge is 0.129 e. The van der Waals surface area contributed by atoms with Gasteiger partial charge in [-0.15, -0.1) is 0 Å². The van der Waals surface area contributed by atoms with E-state index in [1.807, 2.05) is 0 Å². The molecule has 1 rings (SSSR count). The summed E-state index contributed by atoms with van der Waals surface area (Å²) in [6.07, 6.45) is 1.88. The summed E-state index contributed by atoms with van der Waals surface area (Å²) in [6, 6.07) is 0. The molecule has 0 aromatic carbocycles. The predicted molar refractivity (Wildman–Crippen MR) is 38.9 cm³/mol. The Morgan fingerprint density at radius 2 is 2.10 bits per heavy atom. The Hall–Kier alpha value is -0.370. The van der Waals surface area contributed by atoms with Crippen molar-refractivity contribution in [2.24, 2.45) is 0 Å². The van der Waals surface area contributed by atoms with E-state index in [2.05, 4.69) is 13.8 Å². The van der Waals surface area contributed by atoms with Crippen LogP contribution in [0.3, 0.4) is 0 Å². The minimum absolute atomic E-state index is 0.0510. The fourth-order valence-electron chi connectivity index (χ4n) is 1.07. The molecule has 0 aromatic rings. The number of hydrogen-bond acceptors (Lipinski definition) is 2. The van der Waals surface area contributed by atoms with E-state index in [0.29, 0.717) is 12.5 Å². The maximum absolute atomic E-state index is 10.5. The van der Waals surface area contributed by atoms with Crippen LogP contribution in [0.1, 0.15) is 33.6 Å². The summed E-state index contributed by atoms with van der Waals surface area (Å²) >= 11 is 0. The van der Waals surface area contributed by atoms with E-state index in [1.54, 1.807) is 6.92 Å². The van der Waals surface area contributed by atoms with Crippen molar-refractivity contribution in [2.75, 3.05) is 0 Å². The van der Waals surface area contributed by atoms with Crippen LogP contribution in [0.25, 0.3) is 0 Å². The first-order chi connectivity index (χ1) is 4.52. The monoisotopic (exact) mass is 142 g/mol. The second-order valence-electron chi connectivity index (χ2n) is 3.45. The quantitative estimate of drug-likeness (QED) is 0.559. The second kappa shape index (κ2) is 2.35. The molecule has 0 aromatic heterocycles. The minimum Gasteiger partial charge on any atom is -0.367 e. The molecule has 0 unspecified atom stereocenters. The molecule has 58 valence electrons. The van der Waals surface area contributed by atoms with Gasteiger partial charge in [-0.3, -0.25) is 0 Å². The highest BCUT2D eigenvalue weighted by Crippen LogP contribution is 2.38. The van der Waals surface area contributed by atoms with Crippen molar-refractivity contribution >= 4 is 5.78 Å². The minimum atomic E-state index is 0.0510. The van der Waals surface area contributed by atoms with Crippen LogP contribution in [-0.2, 0) is 9.53 Å². The molecule has 2 nitrogen and oxygen atoms in total. The summed E-state index contributed by atoms with van der Waals surface area (Å²) in [5.41, 5.74) is 0.0510. The Morgan fingerprint density at radius 3 is 2.40 bits per heavy atom. The van der Waals surface area contributed by atoms with Crippen LogP contribution >= 0.6 is 0 Å². The zero-order valence-electron chi connectivity index (χ0n) is 6.81. The van der Waals surface area contributed by atoms with Crippen molar-refractivity contribution < 1.29 is 9.53 Å². The van der Waals surface area contributed by atoms with Crippen molar-refractivity contribution in [1.29, 1.82) is 0 Å². The summed E-state index contributed by atoms with van der Waals surface area (Å²) in [6.45, 7) is 5.73. The Kier molecular flexibility index (Phi) is 1.82. The zero-order valence-corrected chi connectivity index (χ0v) is 6.81. The van der Waals surface area contributed by atoms with Gasteiger partial charge in [-0.05, 0) is 27.2 Å². The molecule has 0 aliphatic carbocycles. The third-order valence-electron chi connectivity index (χ3n) is 1.92. The van der Waals surface area contributed by atoms with Gasteiger partial charge in [0.05, 0.1) is 11.7 Å². The van der Waals surface area contributed by atoms with Gasteiger partial charge in [0.1, 0.15) is 5.78 Å². The average Bonchev–Trinajstić information content (AvgIpc) is 2.35. The van der Waals surface area contributed by atoms with Crippen molar-refractivity contribution in [3.8, 4) is 0 Å². The van der Waals surface area contributed by atoms with E-state index in [4.69, 9.17) is 4.74 Å². The van der Waals surface area contributed by atoms with Gasteiger partial charge >= 0.3 is 0 Å². The van der Waals surface area contributed by atoms with Crippen LogP contribution in [0.4, 0.5) is 0 Å². The number of rotatable bonds is 3. The Labute approximate surface area is 61.6 Å². The highest BCUT2D eigenvalue weighted by molar-refractivity contribution is 5.75. The molecule has 1 heterocycles. The lowest BCUT2D eigenvalue weighted by molar-refractivity contribution is -0.117. The van der Waals surface area contributed by atoms with Gasteiger partial charge in [-0.25, -0.2) is 0 Å². The first-order valence-electron chi connectivity index (χ1n) is 3.69. The van der Waals surface area contributed by atoms with E-state index in [0.717, 1.165) is 6.42 Å². The Balaban J connectivity index is 2.13. The molecule has 0 bridgehead atoms. The fraction of sp³-hybridized carbons (Fsp3) is 0.875. The molecule has 0 N–H and O–H groups in total. The standard InChI is InChI=1S/C8H14O2/c1-6(9)4-5-7-8(2,3)10-7/h7H,4-5H2,1-3H3/t7-/m1/s1. The maximum atomic E-state index is 10.5. The van der Waals surface area contributed by atoms with Gasteiger partial charge in [0.2, 0.25) is 0 Å². The summed E-state index contributed by atoms with van der Waals surface area (Å²) in [7, 11) is 0. The number of epoxide rings is 1. The van der Waals surface area contributed by atoms with E-state index in [9.17, 15) is 4.79 Å². The fourth-order valence-corrected chi connectivity index (χ4v) is 1.07. The summed E-state index contributed by atoms with van der Waals surface area (Å²) < 4.78 is 5.30. The molecule has 0 spiro atoms. The normalized spacial score (nSPS) is 28.1. The van der Waals surface area contributed by atoms with Gasteiger partial charge < -0.3 is 9.53 Å². The molecule has 1 saturated heterocycles. The molecule has 0 amide bonds. The first kappa shape index (κ1) is 7.73. The molecule has 1 fully saturated rings. The van der Waals surface area contributed by atoms with Crippen LogP contribution in [0.5, 0.6) is 0 Å². The third-order valence-corrected chi connectivity index (χ3v) is 1.92. The lowest BCUT2D eigenvalue weighted by atomic mass is 10.1. The van der Waals surface area contributed by atoms with Crippen molar-refractivity contribution in [3.05, 3.63) is 0 Å². The molecule has 10 heavy (non-hydrogen) atoms. The molecular formula is C8H14O2. The lowest BCUT2D eigenvalue weighted by Gasteiger charge is -1.93. The van der Waals surface area contributed by atoms with Crippen LogP contribution in [0, 0.1) is 0 Å². The van der Waals surface area contributed by atoms with Crippen molar-refractivity contribution in [1.82, 2.24) is 0 Å². The summed E-state index contributed by atoms with van der Waals surface area (Å²) in [4.78, 5) is 10.5. The molecule has 2 heteroatoms. The number of ether oxygens (including phenoxy) is 1. The third kappa shape index (κ3) is 1.81. The van der Waals surface area contributed by atoms with Gasteiger partial charge in [0.15, 0.2) is 0 Å². The van der Waals surface area contributed by atoms with Crippen LogP contribution in [-0.4, -0.2) is 17.5 Å². The van der Waals surface area contributed by atoms with Crippen molar-refractivity contribution in [3.63, 3.8) is 0 Å². The lowest BCUT2D eigenvalue weighted by Crippen LogP contribution is -2.04.